The normalized spacial score (nSPS) is 11.9. The van der Waals surface area contributed by atoms with Crippen molar-refractivity contribution in [2.75, 3.05) is 5.32 Å². The summed E-state index contributed by atoms with van der Waals surface area (Å²) in [6, 6.07) is 7.85. The van der Waals surface area contributed by atoms with Crippen LogP contribution < -0.4 is 5.32 Å². The van der Waals surface area contributed by atoms with Gasteiger partial charge in [-0.05, 0) is 38.0 Å². The number of rotatable bonds is 4. The Labute approximate surface area is 95.8 Å². The first kappa shape index (κ1) is 12.3. The summed E-state index contributed by atoms with van der Waals surface area (Å²) in [5.41, 5.74) is 3.18. The molecule has 1 rings (SSSR count). The summed E-state index contributed by atoms with van der Waals surface area (Å²) in [5.74, 6) is -0.861. The molecule has 0 radical (unpaired) electrons. The summed E-state index contributed by atoms with van der Waals surface area (Å²) >= 11 is 0. The van der Waals surface area contributed by atoms with E-state index in [-0.39, 0.29) is 0 Å². The molecule has 0 spiro atoms. The van der Waals surface area contributed by atoms with E-state index in [2.05, 4.69) is 5.32 Å². The van der Waals surface area contributed by atoms with E-state index >= 15 is 0 Å². The molecule has 0 bridgehead atoms. The van der Waals surface area contributed by atoms with Crippen LogP contribution >= 0.6 is 0 Å². The van der Waals surface area contributed by atoms with E-state index in [9.17, 15) is 4.79 Å². The Hall–Kier alpha value is -1.77. The molecule has 0 atom stereocenters. The number of aliphatic carboxylic acids is 1. The topological polar surface area (TPSA) is 49.3 Å². The average molecular weight is 219 g/mol. The third-order valence-electron chi connectivity index (χ3n) is 2.41. The van der Waals surface area contributed by atoms with Crippen LogP contribution in [0.2, 0.25) is 0 Å². The average Bonchev–Trinajstić information content (AvgIpc) is 2.17. The predicted molar refractivity (Wildman–Crippen MR) is 65.4 cm³/mol. The fraction of sp³-hybridized carbons (Fsp3) is 0.308. The quantitative estimate of drug-likeness (QED) is 0.765. The molecule has 16 heavy (non-hydrogen) atoms. The van der Waals surface area contributed by atoms with E-state index < -0.39 is 5.97 Å². The Balaban J connectivity index is 2.92. The second-order valence-electron chi connectivity index (χ2n) is 3.76. The van der Waals surface area contributed by atoms with Crippen molar-refractivity contribution in [2.45, 2.75) is 27.2 Å². The Morgan fingerprint density at radius 1 is 1.44 bits per heavy atom. The van der Waals surface area contributed by atoms with Gasteiger partial charge in [0.25, 0.3) is 0 Å². The highest BCUT2D eigenvalue weighted by molar-refractivity contribution is 5.88. The summed E-state index contributed by atoms with van der Waals surface area (Å²) in [5, 5.41) is 12.1. The van der Waals surface area contributed by atoms with E-state index in [1.807, 2.05) is 38.1 Å². The van der Waals surface area contributed by atoms with Gasteiger partial charge in [0, 0.05) is 11.4 Å². The van der Waals surface area contributed by atoms with Crippen molar-refractivity contribution in [3.8, 4) is 0 Å². The molecule has 0 aliphatic heterocycles. The molecular weight excluding hydrogens is 202 g/mol. The van der Waals surface area contributed by atoms with Crippen LogP contribution in [-0.4, -0.2) is 11.1 Å². The first-order valence-corrected chi connectivity index (χ1v) is 5.31. The number of anilines is 1. The van der Waals surface area contributed by atoms with Crippen LogP contribution in [0.3, 0.4) is 0 Å². The summed E-state index contributed by atoms with van der Waals surface area (Å²) in [4.78, 5) is 10.9. The molecule has 86 valence electrons. The lowest BCUT2D eigenvalue weighted by atomic mass is 10.1. The molecule has 0 aliphatic rings. The van der Waals surface area contributed by atoms with Crippen molar-refractivity contribution in [1.82, 2.24) is 0 Å². The molecule has 0 unspecified atom stereocenters. The lowest BCUT2D eigenvalue weighted by Gasteiger charge is -2.10. The number of allylic oxidation sites excluding steroid dienone is 1. The molecule has 3 nitrogen and oxygen atoms in total. The molecule has 1 aromatic carbocycles. The first-order valence-electron chi connectivity index (χ1n) is 5.31. The standard InChI is InChI=1S/C13H17NO2/c1-4-12(13(15)16)10(3)14-11-7-5-6-9(2)8-11/h5-8,14H,4H2,1-3H3,(H,15,16). The largest absolute Gasteiger partial charge is 0.478 e. The van der Waals surface area contributed by atoms with Gasteiger partial charge in [0.15, 0.2) is 0 Å². The molecule has 0 heterocycles. The van der Waals surface area contributed by atoms with Gasteiger partial charge in [-0.2, -0.15) is 0 Å². The molecule has 1 aromatic rings. The third kappa shape index (κ3) is 3.12. The van der Waals surface area contributed by atoms with Gasteiger partial charge in [-0.1, -0.05) is 19.1 Å². The highest BCUT2D eigenvalue weighted by Gasteiger charge is 2.08. The summed E-state index contributed by atoms with van der Waals surface area (Å²) < 4.78 is 0. The number of hydrogen-bond donors (Lipinski definition) is 2. The highest BCUT2D eigenvalue weighted by atomic mass is 16.4. The second-order valence-corrected chi connectivity index (χ2v) is 3.76. The number of carbonyl (C=O) groups is 1. The van der Waals surface area contributed by atoms with Gasteiger partial charge in [0.1, 0.15) is 0 Å². The van der Waals surface area contributed by atoms with Gasteiger partial charge in [-0.3, -0.25) is 0 Å². The van der Waals surface area contributed by atoms with Crippen LogP contribution in [0.1, 0.15) is 25.8 Å². The lowest BCUT2D eigenvalue weighted by molar-refractivity contribution is -0.132. The number of carboxylic acid groups (broad SMARTS) is 1. The minimum absolute atomic E-state index is 0.418. The zero-order valence-corrected chi connectivity index (χ0v) is 9.87. The monoisotopic (exact) mass is 219 g/mol. The molecule has 0 saturated carbocycles. The number of carboxylic acids is 1. The van der Waals surface area contributed by atoms with Crippen molar-refractivity contribution in [1.29, 1.82) is 0 Å². The number of aryl methyl sites for hydroxylation is 1. The third-order valence-corrected chi connectivity index (χ3v) is 2.41. The van der Waals surface area contributed by atoms with Gasteiger partial charge in [-0.25, -0.2) is 4.79 Å². The molecule has 0 saturated heterocycles. The summed E-state index contributed by atoms with van der Waals surface area (Å²) in [6.07, 6.45) is 0.514. The van der Waals surface area contributed by atoms with Gasteiger partial charge >= 0.3 is 5.97 Å². The van der Waals surface area contributed by atoms with Crippen LogP contribution in [0.5, 0.6) is 0 Å². The Bertz CT molecular complexity index is 422. The van der Waals surface area contributed by atoms with Crippen LogP contribution in [0.4, 0.5) is 5.69 Å². The number of benzene rings is 1. The van der Waals surface area contributed by atoms with Crippen molar-refractivity contribution >= 4 is 11.7 Å². The van der Waals surface area contributed by atoms with Gasteiger partial charge in [-0.15, -0.1) is 0 Å². The van der Waals surface area contributed by atoms with E-state index in [1.54, 1.807) is 6.92 Å². The molecule has 0 aromatic heterocycles. The summed E-state index contributed by atoms with van der Waals surface area (Å²) in [7, 11) is 0. The van der Waals surface area contributed by atoms with Crippen LogP contribution in [-0.2, 0) is 4.79 Å². The van der Waals surface area contributed by atoms with Crippen molar-refractivity contribution in [2.24, 2.45) is 0 Å². The zero-order chi connectivity index (χ0) is 12.1. The zero-order valence-electron chi connectivity index (χ0n) is 9.87. The van der Waals surface area contributed by atoms with Crippen LogP contribution in [0.25, 0.3) is 0 Å². The highest BCUT2D eigenvalue weighted by Crippen LogP contribution is 2.15. The first-order chi connectivity index (χ1) is 7.54. The SMILES string of the molecule is CCC(C(=O)O)=C(C)Nc1cccc(C)c1. The maximum absolute atomic E-state index is 10.9. The fourth-order valence-electron chi connectivity index (χ4n) is 1.59. The van der Waals surface area contributed by atoms with Crippen molar-refractivity contribution < 1.29 is 9.90 Å². The molecule has 0 aliphatic carbocycles. The number of hydrogen-bond acceptors (Lipinski definition) is 2. The molecule has 2 N–H and O–H groups in total. The van der Waals surface area contributed by atoms with Gasteiger partial charge in [0.05, 0.1) is 5.57 Å². The van der Waals surface area contributed by atoms with E-state index in [4.69, 9.17) is 5.11 Å². The molecule has 3 heteroatoms. The lowest BCUT2D eigenvalue weighted by Crippen LogP contribution is -2.08. The maximum atomic E-state index is 10.9. The van der Waals surface area contributed by atoms with E-state index in [0.717, 1.165) is 11.3 Å². The van der Waals surface area contributed by atoms with Crippen LogP contribution in [0, 0.1) is 6.92 Å². The maximum Gasteiger partial charge on any atom is 0.333 e. The summed E-state index contributed by atoms with van der Waals surface area (Å²) in [6.45, 7) is 5.63. The molecular formula is C13H17NO2. The predicted octanol–water partition coefficient (Wildman–Crippen LogP) is 3.18. The van der Waals surface area contributed by atoms with Crippen molar-refractivity contribution in [3.63, 3.8) is 0 Å². The van der Waals surface area contributed by atoms with Gasteiger partial charge < -0.3 is 10.4 Å². The Morgan fingerprint density at radius 3 is 2.62 bits per heavy atom. The minimum atomic E-state index is -0.861. The fourth-order valence-corrected chi connectivity index (χ4v) is 1.59. The van der Waals surface area contributed by atoms with E-state index in [1.165, 1.54) is 0 Å². The molecule has 0 amide bonds. The smallest absolute Gasteiger partial charge is 0.333 e. The number of nitrogens with one attached hydrogen (secondary N) is 1. The minimum Gasteiger partial charge on any atom is -0.478 e. The van der Waals surface area contributed by atoms with Crippen LogP contribution in [0.15, 0.2) is 35.5 Å². The van der Waals surface area contributed by atoms with Crippen molar-refractivity contribution in [3.05, 3.63) is 41.1 Å². The van der Waals surface area contributed by atoms with E-state index in [0.29, 0.717) is 17.7 Å². The Kier molecular flexibility index (Phi) is 4.11. The molecule has 0 fully saturated rings. The Morgan fingerprint density at radius 2 is 2.12 bits per heavy atom. The second kappa shape index (κ2) is 5.35. The van der Waals surface area contributed by atoms with Gasteiger partial charge in [0.2, 0.25) is 0 Å².